The van der Waals surface area contributed by atoms with Crippen LogP contribution in [0.4, 0.5) is 0 Å². The molecule has 0 aromatic carbocycles. The van der Waals surface area contributed by atoms with Crippen molar-refractivity contribution in [3.63, 3.8) is 0 Å². The number of nitrogens with zero attached hydrogens (tertiary/aromatic N) is 1. The maximum absolute atomic E-state index is 5.78. The van der Waals surface area contributed by atoms with Gasteiger partial charge in [-0.1, -0.05) is 32.2 Å². The highest BCUT2D eigenvalue weighted by atomic mass is 32.9. The summed E-state index contributed by atoms with van der Waals surface area (Å²) in [6.07, 6.45) is 4.89. The van der Waals surface area contributed by atoms with E-state index in [9.17, 15) is 0 Å². The van der Waals surface area contributed by atoms with Gasteiger partial charge < -0.3 is 9.61 Å². The minimum absolute atomic E-state index is 0.341. The maximum atomic E-state index is 5.78. The third-order valence-corrected chi connectivity index (χ3v) is 7.73. The van der Waals surface area contributed by atoms with Crippen LogP contribution in [0, 0.1) is 0 Å². The molecule has 0 saturated heterocycles. The standard InChI is InChI=1S/C11H25N2OPS2/c1-5-8-14-15(16,17-9-6-2)13-10-12-11(4)7-3/h10-11H,5-9H2,1-4H3,(H,12,13,16). The lowest BCUT2D eigenvalue weighted by atomic mass is 10.3. The SMILES string of the molecule is CCCOP(=S)(NC=NC(C)CC)SCCC. The molecule has 0 aliphatic rings. The second-order valence-corrected chi connectivity index (χ2v) is 10.6. The monoisotopic (exact) mass is 296 g/mol. The lowest BCUT2D eigenvalue weighted by Crippen LogP contribution is -2.10. The van der Waals surface area contributed by atoms with E-state index in [1.807, 2.05) is 0 Å². The molecule has 0 aromatic rings. The molecule has 0 saturated carbocycles. The van der Waals surface area contributed by atoms with Gasteiger partial charge in [0.25, 0.3) is 0 Å². The molecule has 1 N–H and O–H groups in total. The zero-order valence-corrected chi connectivity index (χ0v) is 13.8. The van der Waals surface area contributed by atoms with Crippen molar-refractivity contribution < 1.29 is 4.52 Å². The van der Waals surface area contributed by atoms with E-state index in [2.05, 4.69) is 37.8 Å². The Morgan fingerprint density at radius 1 is 1.41 bits per heavy atom. The van der Waals surface area contributed by atoms with E-state index < -0.39 is 5.62 Å². The Kier molecular flexibility index (Phi) is 10.6. The zero-order chi connectivity index (χ0) is 13.1. The van der Waals surface area contributed by atoms with Crippen LogP contribution in [0.5, 0.6) is 0 Å². The van der Waals surface area contributed by atoms with Crippen LogP contribution in [0.3, 0.4) is 0 Å². The van der Waals surface area contributed by atoms with E-state index in [0.717, 1.165) is 31.6 Å². The second kappa shape index (κ2) is 10.4. The van der Waals surface area contributed by atoms with E-state index >= 15 is 0 Å². The topological polar surface area (TPSA) is 33.6 Å². The molecular formula is C11H25N2OPS2. The van der Waals surface area contributed by atoms with Crippen LogP contribution in [0.2, 0.25) is 0 Å². The van der Waals surface area contributed by atoms with Gasteiger partial charge in [-0.05, 0) is 38.0 Å². The number of aliphatic imine (C=N–C) groups is 1. The summed E-state index contributed by atoms with van der Waals surface area (Å²) in [7, 11) is 0. The number of rotatable bonds is 10. The molecule has 0 radical (unpaired) electrons. The first kappa shape index (κ1) is 17.4. The quantitative estimate of drug-likeness (QED) is 0.372. The largest absolute Gasteiger partial charge is 0.326 e. The summed E-state index contributed by atoms with van der Waals surface area (Å²) in [5, 5.41) is 3.21. The van der Waals surface area contributed by atoms with Crippen molar-refractivity contribution >= 4 is 35.1 Å². The molecule has 17 heavy (non-hydrogen) atoms. The zero-order valence-electron chi connectivity index (χ0n) is 11.3. The van der Waals surface area contributed by atoms with Crippen LogP contribution in [0.1, 0.15) is 47.0 Å². The van der Waals surface area contributed by atoms with E-state index in [0.29, 0.717) is 6.04 Å². The molecule has 2 atom stereocenters. The molecule has 0 fully saturated rings. The first-order valence-corrected chi connectivity index (χ1v) is 10.6. The Hall–Kier alpha value is 0.430. The summed E-state index contributed by atoms with van der Waals surface area (Å²) in [5.74, 6) is 1.03. The van der Waals surface area contributed by atoms with E-state index in [1.165, 1.54) is 0 Å². The Morgan fingerprint density at radius 3 is 2.65 bits per heavy atom. The van der Waals surface area contributed by atoms with Gasteiger partial charge in [0.15, 0.2) is 0 Å². The van der Waals surface area contributed by atoms with Crippen LogP contribution in [-0.4, -0.2) is 24.7 Å². The van der Waals surface area contributed by atoms with Gasteiger partial charge >= 0.3 is 0 Å². The molecule has 0 bridgehead atoms. The molecule has 0 heterocycles. The molecule has 0 rings (SSSR count). The average molecular weight is 296 g/mol. The molecular weight excluding hydrogens is 271 g/mol. The summed E-state index contributed by atoms with van der Waals surface area (Å²) in [5.41, 5.74) is -1.97. The Morgan fingerprint density at radius 2 is 2.12 bits per heavy atom. The lowest BCUT2D eigenvalue weighted by molar-refractivity contribution is 0.356. The van der Waals surface area contributed by atoms with Crippen molar-refractivity contribution in [1.29, 1.82) is 0 Å². The predicted octanol–water partition coefficient (Wildman–Crippen LogP) is 4.20. The van der Waals surface area contributed by atoms with Crippen LogP contribution in [0.25, 0.3) is 0 Å². The highest BCUT2D eigenvalue weighted by molar-refractivity contribution is 8.68. The summed E-state index contributed by atoms with van der Waals surface area (Å²) in [4.78, 5) is 4.38. The van der Waals surface area contributed by atoms with Crippen molar-refractivity contribution in [3.8, 4) is 0 Å². The van der Waals surface area contributed by atoms with Crippen molar-refractivity contribution in [3.05, 3.63) is 0 Å². The highest BCUT2D eigenvalue weighted by Crippen LogP contribution is 2.56. The van der Waals surface area contributed by atoms with Gasteiger partial charge in [-0.25, -0.2) is 0 Å². The van der Waals surface area contributed by atoms with Gasteiger partial charge in [-0.2, -0.15) is 0 Å². The summed E-state index contributed by atoms with van der Waals surface area (Å²) in [6, 6.07) is 0.341. The third-order valence-electron chi connectivity index (χ3n) is 2.07. The summed E-state index contributed by atoms with van der Waals surface area (Å²) < 4.78 is 5.78. The molecule has 0 aromatic heterocycles. The second-order valence-electron chi connectivity index (χ2n) is 3.83. The first-order valence-electron chi connectivity index (χ1n) is 6.26. The van der Waals surface area contributed by atoms with Crippen molar-refractivity contribution in [2.24, 2.45) is 4.99 Å². The number of nitrogens with one attached hydrogen (secondary N) is 1. The van der Waals surface area contributed by atoms with E-state index in [1.54, 1.807) is 17.7 Å². The lowest BCUT2D eigenvalue weighted by Gasteiger charge is -2.20. The molecule has 102 valence electrons. The van der Waals surface area contributed by atoms with Crippen molar-refractivity contribution in [1.82, 2.24) is 5.09 Å². The highest BCUT2D eigenvalue weighted by Gasteiger charge is 2.16. The predicted molar refractivity (Wildman–Crippen MR) is 84.7 cm³/mol. The fourth-order valence-corrected chi connectivity index (χ4v) is 5.27. The first-order chi connectivity index (χ1) is 8.08. The summed E-state index contributed by atoms with van der Waals surface area (Å²) >= 11 is 7.29. The number of hydrogen-bond acceptors (Lipinski definition) is 4. The fraction of sp³-hybridized carbons (Fsp3) is 0.909. The van der Waals surface area contributed by atoms with Crippen LogP contribution in [0.15, 0.2) is 4.99 Å². The van der Waals surface area contributed by atoms with E-state index in [4.69, 9.17) is 16.3 Å². The van der Waals surface area contributed by atoms with E-state index in [-0.39, 0.29) is 0 Å². The van der Waals surface area contributed by atoms with Crippen molar-refractivity contribution in [2.75, 3.05) is 12.4 Å². The Labute approximate surface area is 115 Å². The summed E-state index contributed by atoms with van der Waals surface area (Å²) in [6.45, 7) is 9.18. The van der Waals surface area contributed by atoms with Gasteiger partial charge in [0.05, 0.1) is 12.9 Å². The molecule has 2 unspecified atom stereocenters. The average Bonchev–Trinajstić information content (AvgIpc) is 2.34. The minimum Gasteiger partial charge on any atom is -0.326 e. The third kappa shape index (κ3) is 9.06. The van der Waals surface area contributed by atoms with Crippen LogP contribution >= 0.6 is 17.0 Å². The maximum Gasteiger partial charge on any atom is 0.211 e. The van der Waals surface area contributed by atoms with Gasteiger partial charge in [0, 0.05) is 11.8 Å². The number of hydrogen-bond donors (Lipinski definition) is 1. The molecule has 0 amide bonds. The molecule has 6 heteroatoms. The van der Waals surface area contributed by atoms with Gasteiger partial charge in [-0.3, -0.25) is 4.99 Å². The Bertz CT molecular complexity index is 250. The van der Waals surface area contributed by atoms with Crippen molar-refractivity contribution in [2.45, 2.75) is 53.0 Å². The molecule has 0 aliphatic carbocycles. The van der Waals surface area contributed by atoms with Crippen LogP contribution in [-0.2, 0) is 16.3 Å². The normalized spacial score (nSPS) is 16.9. The van der Waals surface area contributed by atoms with Gasteiger partial charge in [0.2, 0.25) is 5.62 Å². The Balaban J connectivity index is 4.26. The smallest absolute Gasteiger partial charge is 0.211 e. The molecule has 0 aliphatic heterocycles. The van der Waals surface area contributed by atoms with Gasteiger partial charge in [0.1, 0.15) is 0 Å². The molecule has 3 nitrogen and oxygen atoms in total. The fourth-order valence-electron chi connectivity index (χ4n) is 0.871. The van der Waals surface area contributed by atoms with Gasteiger partial charge in [-0.15, -0.1) is 0 Å². The van der Waals surface area contributed by atoms with Crippen LogP contribution < -0.4 is 5.09 Å². The minimum atomic E-state index is -1.97. The molecule has 0 spiro atoms.